The number of unbranched alkanes of at least 4 members (excludes halogenated alkanes) is 1. The van der Waals surface area contributed by atoms with Crippen LogP contribution in [0, 0.1) is 0 Å². The van der Waals surface area contributed by atoms with Crippen LogP contribution in [0.3, 0.4) is 0 Å². The molecular weight excluding hydrogens is 542 g/mol. The van der Waals surface area contributed by atoms with Crippen molar-refractivity contribution in [2.75, 3.05) is 23.7 Å². The molecule has 0 unspecified atom stereocenters. The fourth-order valence-corrected chi connectivity index (χ4v) is 5.28. The number of sulfonamides is 1. The number of carbonyl (C=O) groups is 2. The third-order valence-electron chi connectivity index (χ3n) is 5.95. The van der Waals surface area contributed by atoms with Crippen molar-refractivity contribution in [1.82, 2.24) is 10.2 Å². The molecule has 0 spiro atoms. The summed E-state index contributed by atoms with van der Waals surface area (Å²) >= 11 is 3.45. The molecule has 0 saturated heterocycles. The highest BCUT2D eigenvalue weighted by molar-refractivity contribution is 9.10. The van der Waals surface area contributed by atoms with Crippen molar-refractivity contribution < 1.29 is 18.0 Å². The predicted molar refractivity (Wildman–Crippen MR) is 148 cm³/mol. The van der Waals surface area contributed by atoms with Gasteiger partial charge in [-0.25, -0.2) is 8.42 Å². The molecule has 0 aliphatic heterocycles. The Balaban J connectivity index is 1.96. The zero-order valence-corrected chi connectivity index (χ0v) is 23.2. The van der Waals surface area contributed by atoms with E-state index in [9.17, 15) is 18.0 Å². The molecule has 9 heteroatoms. The molecule has 0 aliphatic rings. The molecule has 3 rings (SSSR count). The monoisotopic (exact) mass is 573 g/mol. The maximum atomic E-state index is 13.7. The van der Waals surface area contributed by atoms with Gasteiger partial charge in [-0.15, -0.1) is 0 Å². The summed E-state index contributed by atoms with van der Waals surface area (Å²) in [7, 11) is -3.80. The van der Waals surface area contributed by atoms with E-state index in [1.807, 2.05) is 61.5 Å². The average molecular weight is 575 g/mol. The first-order chi connectivity index (χ1) is 17.1. The van der Waals surface area contributed by atoms with E-state index >= 15 is 0 Å². The molecule has 36 heavy (non-hydrogen) atoms. The summed E-state index contributed by atoms with van der Waals surface area (Å²) in [4.78, 5) is 28.0. The van der Waals surface area contributed by atoms with Crippen molar-refractivity contribution in [3.05, 3.63) is 76.8 Å². The molecule has 0 fully saturated rings. The number of fused-ring (bicyclic) bond motifs is 1. The quantitative estimate of drug-likeness (QED) is 0.337. The molecule has 0 aliphatic carbocycles. The van der Waals surface area contributed by atoms with Crippen LogP contribution in [0.15, 0.2) is 71.2 Å². The Morgan fingerprint density at radius 3 is 2.42 bits per heavy atom. The summed E-state index contributed by atoms with van der Waals surface area (Å²) in [5.74, 6) is -0.741. The molecule has 3 aromatic carbocycles. The van der Waals surface area contributed by atoms with E-state index in [0.29, 0.717) is 12.2 Å². The summed E-state index contributed by atoms with van der Waals surface area (Å²) in [6.07, 6.45) is 2.85. The highest BCUT2D eigenvalue weighted by Crippen LogP contribution is 2.28. The minimum absolute atomic E-state index is 0.160. The molecule has 0 bridgehead atoms. The number of benzene rings is 3. The van der Waals surface area contributed by atoms with Gasteiger partial charge in [-0.2, -0.15) is 0 Å². The number of nitrogens with zero attached hydrogens (tertiary/aromatic N) is 2. The second kappa shape index (κ2) is 12.4. The van der Waals surface area contributed by atoms with Gasteiger partial charge < -0.3 is 10.2 Å². The third kappa shape index (κ3) is 7.07. The standard InChI is InChI=1S/C27H32BrN3O4S/c1-4-5-16-29-27(33)20(2)30(18-21-10-8-13-23(28)17-21)26(32)19-31(36(3,34)35)25-15-9-12-22-11-6-7-14-24(22)25/h6-15,17,20H,4-5,16,18-19H2,1-3H3,(H,29,33)/t20-/m0/s1. The molecule has 0 aromatic heterocycles. The number of anilines is 1. The second-order valence-corrected chi connectivity index (χ2v) is 11.6. The van der Waals surface area contributed by atoms with Crippen molar-refractivity contribution in [3.63, 3.8) is 0 Å². The number of carbonyl (C=O) groups excluding carboxylic acids is 2. The van der Waals surface area contributed by atoms with E-state index in [0.717, 1.165) is 44.2 Å². The number of halogens is 1. The maximum absolute atomic E-state index is 13.7. The number of hydrogen-bond acceptors (Lipinski definition) is 4. The largest absolute Gasteiger partial charge is 0.354 e. The third-order valence-corrected chi connectivity index (χ3v) is 7.57. The Morgan fingerprint density at radius 1 is 1.03 bits per heavy atom. The minimum Gasteiger partial charge on any atom is -0.354 e. The normalized spacial score (nSPS) is 12.2. The van der Waals surface area contributed by atoms with Gasteiger partial charge in [0.1, 0.15) is 12.6 Å². The smallest absolute Gasteiger partial charge is 0.244 e. The van der Waals surface area contributed by atoms with Crippen LogP contribution in [-0.4, -0.2) is 50.5 Å². The molecule has 1 N–H and O–H groups in total. The number of hydrogen-bond donors (Lipinski definition) is 1. The van der Waals surface area contributed by atoms with Crippen molar-refractivity contribution in [1.29, 1.82) is 0 Å². The fourth-order valence-electron chi connectivity index (χ4n) is 3.97. The number of rotatable bonds is 11. The first-order valence-corrected chi connectivity index (χ1v) is 14.5. The molecular formula is C27H32BrN3O4S. The van der Waals surface area contributed by atoms with Crippen molar-refractivity contribution in [3.8, 4) is 0 Å². The molecule has 2 amide bonds. The van der Waals surface area contributed by atoms with Gasteiger partial charge in [0.05, 0.1) is 11.9 Å². The lowest BCUT2D eigenvalue weighted by atomic mass is 10.1. The van der Waals surface area contributed by atoms with Crippen molar-refractivity contribution >= 4 is 54.2 Å². The number of amides is 2. The number of nitrogens with one attached hydrogen (secondary N) is 1. The summed E-state index contributed by atoms with van der Waals surface area (Å²) < 4.78 is 27.7. The maximum Gasteiger partial charge on any atom is 0.244 e. The van der Waals surface area contributed by atoms with Crippen LogP contribution in [0.4, 0.5) is 5.69 Å². The highest BCUT2D eigenvalue weighted by atomic mass is 79.9. The van der Waals surface area contributed by atoms with Gasteiger partial charge in [0, 0.05) is 22.9 Å². The van der Waals surface area contributed by atoms with Gasteiger partial charge in [-0.05, 0) is 42.5 Å². The van der Waals surface area contributed by atoms with E-state index in [-0.39, 0.29) is 12.5 Å². The first kappa shape index (κ1) is 27.7. The lowest BCUT2D eigenvalue weighted by Gasteiger charge is -2.32. The van der Waals surface area contributed by atoms with Crippen LogP contribution < -0.4 is 9.62 Å². The SMILES string of the molecule is CCCCNC(=O)[C@H](C)N(Cc1cccc(Br)c1)C(=O)CN(c1cccc2ccccc12)S(C)(=O)=O. The van der Waals surface area contributed by atoms with E-state index < -0.39 is 28.5 Å². The van der Waals surface area contributed by atoms with Gasteiger partial charge in [0.2, 0.25) is 21.8 Å². The molecule has 0 heterocycles. The Hall–Kier alpha value is -2.91. The Kier molecular flexibility index (Phi) is 9.50. The van der Waals surface area contributed by atoms with Gasteiger partial charge in [-0.1, -0.05) is 77.8 Å². The summed E-state index contributed by atoms with van der Waals surface area (Å²) in [6, 6.07) is 19.5. The van der Waals surface area contributed by atoms with E-state index in [1.54, 1.807) is 19.1 Å². The Bertz CT molecular complexity index is 1320. The average Bonchev–Trinajstić information content (AvgIpc) is 2.84. The van der Waals surface area contributed by atoms with Gasteiger partial charge in [0.25, 0.3) is 0 Å². The van der Waals surface area contributed by atoms with E-state index in [1.165, 1.54) is 4.90 Å². The van der Waals surface area contributed by atoms with Crippen LogP contribution in [-0.2, 0) is 26.2 Å². The summed E-state index contributed by atoms with van der Waals surface area (Å²) in [6.45, 7) is 3.96. The topological polar surface area (TPSA) is 86.8 Å². The molecule has 1 atom stereocenters. The summed E-state index contributed by atoms with van der Waals surface area (Å²) in [5.41, 5.74) is 1.24. The minimum atomic E-state index is -3.80. The van der Waals surface area contributed by atoms with Crippen LogP contribution >= 0.6 is 15.9 Å². The predicted octanol–water partition coefficient (Wildman–Crippen LogP) is 4.70. The summed E-state index contributed by atoms with van der Waals surface area (Å²) in [5, 5.41) is 4.47. The Morgan fingerprint density at radius 2 is 1.72 bits per heavy atom. The van der Waals surface area contributed by atoms with Crippen LogP contribution in [0.1, 0.15) is 32.3 Å². The van der Waals surface area contributed by atoms with Crippen LogP contribution in [0.2, 0.25) is 0 Å². The zero-order valence-electron chi connectivity index (χ0n) is 20.8. The fraction of sp³-hybridized carbons (Fsp3) is 0.333. The van der Waals surface area contributed by atoms with Gasteiger partial charge in [-0.3, -0.25) is 13.9 Å². The second-order valence-electron chi connectivity index (χ2n) is 8.74. The molecule has 3 aromatic rings. The highest BCUT2D eigenvalue weighted by Gasteiger charge is 2.30. The van der Waals surface area contributed by atoms with E-state index in [2.05, 4.69) is 21.2 Å². The molecule has 192 valence electrons. The van der Waals surface area contributed by atoms with Gasteiger partial charge in [0.15, 0.2) is 0 Å². The first-order valence-electron chi connectivity index (χ1n) is 11.9. The lowest BCUT2D eigenvalue weighted by Crippen LogP contribution is -2.51. The zero-order chi connectivity index (χ0) is 26.3. The van der Waals surface area contributed by atoms with Crippen molar-refractivity contribution in [2.24, 2.45) is 0 Å². The molecule has 7 nitrogen and oxygen atoms in total. The van der Waals surface area contributed by atoms with E-state index in [4.69, 9.17) is 0 Å². The lowest BCUT2D eigenvalue weighted by molar-refractivity contribution is -0.139. The van der Waals surface area contributed by atoms with Crippen LogP contribution in [0.5, 0.6) is 0 Å². The molecule has 0 radical (unpaired) electrons. The van der Waals surface area contributed by atoms with Gasteiger partial charge >= 0.3 is 0 Å². The Labute approximate surface area is 221 Å². The van der Waals surface area contributed by atoms with Crippen LogP contribution in [0.25, 0.3) is 10.8 Å². The molecule has 0 saturated carbocycles. The van der Waals surface area contributed by atoms with Crippen molar-refractivity contribution in [2.45, 2.75) is 39.3 Å².